The van der Waals surface area contributed by atoms with Gasteiger partial charge in [0.05, 0.1) is 17.9 Å². The number of carbonyl (C=O) groups is 2. The van der Waals surface area contributed by atoms with Crippen LogP contribution in [0, 0.1) is 5.82 Å². The zero-order valence-corrected chi connectivity index (χ0v) is 17.5. The maximum Gasteiger partial charge on any atom is 0.236 e. The molecule has 8 heteroatoms. The Kier molecular flexibility index (Phi) is 6.18. The molecule has 164 valence electrons. The number of hydrogen-bond acceptors (Lipinski definition) is 5. The highest BCUT2D eigenvalue weighted by molar-refractivity contribution is 5.87. The molecular formula is C23H28FN5O2. The third-order valence-corrected chi connectivity index (χ3v) is 6.38. The predicted molar refractivity (Wildman–Crippen MR) is 116 cm³/mol. The van der Waals surface area contributed by atoms with E-state index in [1.54, 1.807) is 18.3 Å². The van der Waals surface area contributed by atoms with E-state index in [-0.39, 0.29) is 18.3 Å². The summed E-state index contributed by atoms with van der Waals surface area (Å²) in [6.07, 6.45) is 3.07. The van der Waals surface area contributed by atoms with E-state index in [0.29, 0.717) is 50.5 Å². The number of primary amides is 1. The number of pyridine rings is 1. The second kappa shape index (κ2) is 9.01. The van der Waals surface area contributed by atoms with Crippen molar-refractivity contribution in [3.63, 3.8) is 0 Å². The summed E-state index contributed by atoms with van der Waals surface area (Å²) < 4.78 is 14.0. The molecule has 1 aromatic carbocycles. The highest BCUT2D eigenvalue weighted by Crippen LogP contribution is 2.33. The van der Waals surface area contributed by atoms with Crippen molar-refractivity contribution >= 4 is 17.5 Å². The van der Waals surface area contributed by atoms with E-state index in [0.717, 1.165) is 13.0 Å². The fourth-order valence-corrected chi connectivity index (χ4v) is 4.66. The maximum atomic E-state index is 14.0. The lowest BCUT2D eigenvalue weighted by atomic mass is 9.76. The number of nitrogens with zero attached hydrogens (tertiary/aromatic N) is 4. The molecule has 0 spiro atoms. The highest BCUT2D eigenvalue weighted by Gasteiger charge is 2.44. The van der Waals surface area contributed by atoms with Crippen LogP contribution in [0.4, 0.5) is 10.1 Å². The van der Waals surface area contributed by atoms with Crippen LogP contribution in [0.2, 0.25) is 0 Å². The van der Waals surface area contributed by atoms with E-state index >= 15 is 0 Å². The van der Waals surface area contributed by atoms with Crippen LogP contribution in [0.1, 0.15) is 18.5 Å². The molecule has 0 unspecified atom stereocenters. The molecule has 1 atom stereocenters. The van der Waals surface area contributed by atoms with Gasteiger partial charge in [0.2, 0.25) is 11.8 Å². The molecule has 0 bridgehead atoms. The summed E-state index contributed by atoms with van der Waals surface area (Å²) in [5.74, 6) is -0.621. The number of likely N-dealkylation sites (tertiary alicyclic amines) is 1. The van der Waals surface area contributed by atoms with Crippen molar-refractivity contribution in [2.45, 2.75) is 18.3 Å². The summed E-state index contributed by atoms with van der Waals surface area (Å²) in [7, 11) is 0. The lowest BCUT2D eigenvalue weighted by Gasteiger charge is -2.41. The Morgan fingerprint density at radius 2 is 1.77 bits per heavy atom. The van der Waals surface area contributed by atoms with Gasteiger partial charge in [-0.1, -0.05) is 18.2 Å². The monoisotopic (exact) mass is 425 g/mol. The Hall–Kier alpha value is -3.00. The van der Waals surface area contributed by atoms with Crippen LogP contribution in [-0.2, 0) is 15.0 Å². The van der Waals surface area contributed by atoms with Gasteiger partial charge in [0.15, 0.2) is 0 Å². The van der Waals surface area contributed by atoms with Crippen molar-refractivity contribution in [2.24, 2.45) is 5.73 Å². The second-order valence-electron chi connectivity index (χ2n) is 8.29. The van der Waals surface area contributed by atoms with Crippen molar-refractivity contribution < 1.29 is 14.0 Å². The largest absolute Gasteiger partial charge is 0.369 e. The Balaban J connectivity index is 1.38. The number of aromatic nitrogens is 1. The van der Waals surface area contributed by atoms with Gasteiger partial charge in [0.25, 0.3) is 0 Å². The molecule has 2 saturated heterocycles. The van der Waals surface area contributed by atoms with Crippen LogP contribution in [-0.4, -0.2) is 72.4 Å². The average molecular weight is 426 g/mol. The third kappa shape index (κ3) is 4.39. The summed E-state index contributed by atoms with van der Waals surface area (Å²) in [6.45, 7) is 3.63. The number of benzene rings is 1. The minimum Gasteiger partial charge on any atom is -0.369 e. The molecule has 2 aliphatic heterocycles. The van der Waals surface area contributed by atoms with Crippen molar-refractivity contribution in [2.75, 3.05) is 50.7 Å². The number of carbonyl (C=O) groups excluding carboxylic acids is 2. The summed E-state index contributed by atoms with van der Waals surface area (Å²) in [6, 6.07) is 12.2. The molecule has 0 aliphatic carbocycles. The number of anilines is 1. The molecule has 2 fully saturated rings. The van der Waals surface area contributed by atoms with Gasteiger partial charge < -0.3 is 15.5 Å². The fourth-order valence-electron chi connectivity index (χ4n) is 4.66. The van der Waals surface area contributed by atoms with E-state index in [9.17, 15) is 14.0 Å². The molecule has 2 aromatic rings. The molecular weight excluding hydrogens is 397 g/mol. The second-order valence-corrected chi connectivity index (χ2v) is 8.29. The molecule has 2 amide bonds. The standard InChI is InChI=1S/C23H28FN5O2/c24-18-6-1-2-7-19(18)28-12-14-29(15-13-28)21(30)16-27-11-5-9-23(17-27,22(25)31)20-8-3-4-10-26-20/h1-4,6-8,10H,5,9,11-17H2,(H2,25,31)/t23-/m0/s1. The summed E-state index contributed by atoms with van der Waals surface area (Å²) >= 11 is 0. The molecule has 3 heterocycles. The molecule has 1 aromatic heterocycles. The predicted octanol–water partition coefficient (Wildman–Crippen LogP) is 1.39. The fraction of sp³-hybridized carbons (Fsp3) is 0.435. The van der Waals surface area contributed by atoms with Crippen LogP contribution >= 0.6 is 0 Å². The first-order chi connectivity index (χ1) is 15.0. The Morgan fingerprint density at radius 3 is 2.45 bits per heavy atom. The Morgan fingerprint density at radius 1 is 1.03 bits per heavy atom. The number of rotatable bonds is 5. The smallest absolute Gasteiger partial charge is 0.236 e. The van der Waals surface area contributed by atoms with E-state index in [4.69, 9.17) is 5.73 Å². The number of para-hydroxylation sites is 1. The number of piperidine rings is 1. The number of hydrogen-bond donors (Lipinski definition) is 1. The summed E-state index contributed by atoms with van der Waals surface area (Å²) in [5, 5.41) is 0. The Bertz CT molecular complexity index is 933. The molecule has 2 aliphatic rings. The van der Waals surface area contributed by atoms with Gasteiger partial charge in [-0.15, -0.1) is 0 Å². The van der Waals surface area contributed by atoms with Gasteiger partial charge in [0.1, 0.15) is 11.2 Å². The average Bonchev–Trinajstić information content (AvgIpc) is 2.80. The minimum absolute atomic E-state index is 0.0227. The molecule has 0 radical (unpaired) electrons. The number of nitrogens with two attached hydrogens (primary N) is 1. The van der Waals surface area contributed by atoms with E-state index in [1.165, 1.54) is 6.07 Å². The summed E-state index contributed by atoms with van der Waals surface area (Å²) in [5.41, 5.74) is 6.19. The van der Waals surface area contributed by atoms with Crippen molar-refractivity contribution in [1.29, 1.82) is 0 Å². The molecule has 2 N–H and O–H groups in total. The van der Waals surface area contributed by atoms with Crippen LogP contribution in [0.15, 0.2) is 48.7 Å². The van der Waals surface area contributed by atoms with Crippen LogP contribution in [0.3, 0.4) is 0 Å². The molecule has 7 nitrogen and oxygen atoms in total. The molecule has 4 rings (SSSR count). The summed E-state index contributed by atoms with van der Waals surface area (Å²) in [4.78, 5) is 35.6. The highest BCUT2D eigenvalue weighted by atomic mass is 19.1. The van der Waals surface area contributed by atoms with Crippen molar-refractivity contribution in [3.8, 4) is 0 Å². The minimum atomic E-state index is -0.872. The first-order valence-corrected chi connectivity index (χ1v) is 10.7. The zero-order chi connectivity index (χ0) is 21.8. The number of amides is 2. The SMILES string of the molecule is NC(=O)[C@@]1(c2ccccn2)CCCN(CC(=O)N2CCN(c3ccccc3F)CC2)C1. The van der Waals surface area contributed by atoms with Gasteiger partial charge in [-0.05, 0) is 43.7 Å². The van der Waals surface area contributed by atoms with E-state index in [1.807, 2.05) is 39.0 Å². The van der Waals surface area contributed by atoms with Gasteiger partial charge in [-0.25, -0.2) is 4.39 Å². The Labute approximate surface area is 181 Å². The normalized spacial score (nSPS) is 22.4. The first-order valence-electron chi connectivity index (χ1n) is 10.7. The van der Waals surface area contributed by atoms with Gasteiger partial charge in [-0.3, -0.25) is 19.5 Å². The number of piperazine rings is 1. The van der Waals surface area contributed by atoms with Crippen molar-refractivity contribution in [3.05, 3.63) is 60.2 Å². The van der Waals surface area contributed by atoms with Crippen LogP contribution < -0.4 is 10.6 Å². The van der Waals surface area contributed by atoms with E-state index in [2.05, 4.69) is 4.98 Å². The third-order valence-electron chi connectivity index (χ3n) is 6.38. The van der Waals surface area contributed by atoms with Crippen LogP contribution in [0.5, 0.6) is 0 Å². The van der Waals surface area contributed by atoms with Gasteiger partial charge in [0, 0.05) is 38.9 Å². The lowest BCUT2D eigenvalue weighted by Crippen LogP contribution is -2.57. The maximum absolute atomic E-state index is 14.0. The van der Waals surface area contributed by atoms with Crippen molar-refractivity contribution in [1.82, 2.24) is 14.8 Å². The van der Waals surface area contributed by atoms with E-state index < -0.39 is 11.3 Å². The quantitative estimate of drug-likeness (QED) is 0.783. The van der Waals surface area contributed by atoms with Gasteiger partial charge in [-0.2, -0.15) is 0 Å². The lowest BCUT2D eigenvalue weighted by molar-refractivity contribution is -0.135. The first kappa shape index (κ1) is 21.2. The molecule has 0 saturated carbocycles. The van der Waals surface area contributed by atoms with Crippen LogP contribution in [0.25, 0.3) is 0 Å². The zero-order valence-electron chi connectivity index (χ0n) is 17.5. The number of halogens is 1. The topological polar surface area (TPSA) is 82.8 Å². The van der Waals surface area contributed by atoms with Gasteiger partial charge >= 0.3 is 0 Å². The molecule has 31 heavy (non-hydrogen) atoms.